The first kappa shape index (κ1) is 28.0. The lowest BCUT2D eigenvalue weighted by Gasteiger charge is -2.48. The molecule has 10 heteroatoms. The van der Waals surface area contributed by atoms with Crippen LogP contribution in [-0.4, -0.2) is 56.1 Å². The normalized spacial score (nSPS) is 21.1. The van der Waals surface area contributed by atoms with Gasteiger partial charge in [-0.05, 0) is 42.4 Å². The van der Waals surface area contributed by atoms with Crippen molar-refractivity contribution >= 4 is 5.97 Å². The van der Waals surface area contributed by atoms with Crippen LogP contribution in [0.4, 0.5) is 13.2 Å². The number of methoxy groups -OCH3 is 1. The summed E-state index contributed by atoms with van der Waals surface area (Å²) >= 11 is 0. The van der Waals surface area contributed by atoms with E-state index in [1.807, 2.05) is 6.92 Å². The molecule has 0 saturated carbocycles. The third-order valence-corrected chi connectivity index (χ3v) is 6.58. The summed E-state index contributed by atoms with van der Waals surface area (Å²) in [7, 11) is 1.38. The molecule has 0 aliphatic carbocycles. The molecule has 0 N–H and O–H groups in total. The fraction of sp³-hybridized carbons (Fsp3) is 0.615. The standard InChI is InChI=1S/C26H35F3N2O5/c1-6-9-34-16-26(23(32)33-5)12-17(25(2,3)4)13-31(15-26)14-19-11-21(30-36-19)20-10-18(27)7-8-22(20)35-24(28)29/h7-8,10-11,17,24H,6,9,12-16H2,1-5H3/t17-,26-/m1/s1. The minimum atomic E-state index is -3.07. The van der Waals surface area contributed by atoms with Crippen LogP contribution in [0.2, 0.25) is 0 Å². The number of ether oxygens (including phenoxy) is 3. The summed E-state index contributed by atoms with van der Waals surface area (Å²) in [5.41, 5.74) is -0.689. The molecular formula is C26H35F3N2O5. The van der Waals surface area contributed by atoms with Crippen LogP contribution in [0, 0.1) is 22.6 Å². The average Bonchev–Trinajstić information content (AvgIpc) is 3.27. The molecule has 0 bridgehead atoms. The summed E-state index contributed by atoms with van der Waals surface area (Å²) in [6.07, 6.45) is 1.46. The number of hydrogen-bond donors (Lipinski definition) is 0. The number of nitrogens with zero attached hydrogens (tertiary/aromatic N) is 2. The molecule has 0 radical (unpaired) electrons. The van der Waals surface area contributed by atoms with Crippen LogP contribution in [0.15, 0.2) is 28.8 Å². The third-order valence-electron chi connectivity index (χ3n) is 6.58. The van der Waals surface area contributed by atoms with Gasteiger partial charge in [-0.3, -0.25) is 9.69 Å². The lowest BCUT2D eigenvalue weighted by Crippen LogP contribution is -2.55. The molecule has 2 heterocycles. The molecule has 1 aliphatic rings. The number of alkyl halides is 2. The van der Waals surface area contributed by atoms with Crippen molar-refractivity contribution in [2.24, 2.45) is 16.7 Å². The van der Waals surface area contributed by atoms with E-state index in [0.717, 1.165) is 24.6 Å². The minimum Gasteiger partial charge on any atom is -0.468 e. The zero-order valence-electron chi connectivity index (χ0n) is 21.5. The highest BCUT2D eigenvalue weighted by Gasteiger charge is 2.49. The van der Waals surface area contributed by atoms with Gasteiger partial charge >= 0.3 is 12.6 Å². The van der Waals surface area contributed by atoms with Crippen molar-refractivity contribution in [1.82, 2.24) is 10.1 Å². The van der Waals surface area contributed by atoms with Crippen molar-refractivity contribution in [1.29, 1.82) is 0 Å². The van der Waals surface area contributed by atoms with Crippen LogP contribution in [0.5, 0.6) is 5.75 Å². The van der Waals surface area contributed by atoms with Gasteiger partial charge < -0.3 is 18.7 Å². The molecule has 36 heavy (non-hydrogen) atoms. The summed E-state index contributed by atoms with van der Waals surface area (Å²) in [6, 6.07) is 4.81. The van der Waals surface area contributed by atoms with E-state index in [-0.39, 0.29) is 40.9 Å². The Labute approximate surface area is 209 Å². The summed E-state index contributed by atoms with van der Waals surface area (Å²) < 4.78 is 60.6. The monoisotopic (exact) mass is 512 g/mol. The largest absolute Gasteiger partial charge is 0.468 e. The molecule has 1 aromatic carbocycles. The summed E-state index contributed by atoms with van der Waals surface area (Å²) in [5, 5.41) is 3.97. The quantitative estimate of drug-likeness (QED) is 0.306. The lowest BCUT2D eigenvalue weighted by atomic mass is 9.67. The van der Waals surface area contributed by atoms with Gasteiger partial charge in [0.15, 0.2) is 5.76 Å². The second-order valence-corrected chi connectivity index (χ2v) is 10.5. The van der Waals surface area contributed by atoms with Crippen LogP contribution in [0.1, 0.15) is 46.3 Å². The topological polar surface area (TPSA) is 74.0 Å². The third kappa shape index (κ3) is 6.79. The van der Waals surface area contributed by atoms with Crippen molar-refractivity contribution in [2.45, 2.75) is 53.7 Å². The van der Waals surface area contributed by atoms with Gasteiger partial charge in [-0.1, -0.05) is 32.9 Å². The Morgan fingerprint density at radius 1 is 1.31 bits per heavy atom. The maximum Gasteiger partial charge on any atom is 0.387 e. The van der Waals surface area contributed by atoms with Gasteiger partial charge in [0.05, 0.1) is 20.3 Å². The van der Waals surface area contributed by atoms with Crippen LogP contribution >= 0.6 is 0 Å². The number of carbonyl (C=O) groups is 1. The molecule has 2 atom stereocenters. The van der Waals surface area contributed by atoms with E-state index in [2.05, 4.69) is 35.6 Å². The smallest absolute Gasteiger partial charge is 0.387 e. The first-order chi connectivity index (χ1) is 17.0. The molecule has 200 valence electrons. The molecule has 1 aliphatic heterocycles. The Morgan fingerprint density at radius 2 is 2.06 bits per heavy atom. The maximum atomic E-state index is 13.9. The maximum absolute atomic E-state index is 13.9. The van der Waals surface area contributed by atoms with Gasteiger partial charge in [0.2, 0.25) is 0 Å². The van der Waals surface area contributed by atoms with Gasteiger partial charge in [0, 0.05) is 31.3 Å². The van der Waals surface area contributed by atoms with E-state index in [4.69, 9.17) is 14.0 Å². The van der Waals surface area contributed by atoms with E-state index in [1.54, 1.807) is 6.07 Å². The lowest BCUT2D eigenvalue weighted by molar-refractivity contribution is -0.166. The van der Waals surface area contributed by atoms with Gasteiger partial charge in [0.25, 0.3) is 0 Å². The second-order valence-electron chi connectivity index (χ2n) is 10.5. The van der Waals surface area contributed by atoms with Crippen molar-refractivity contribution in [2.75, 3.05) is 33.4 Å². The molecule has 7 nitrogen and oxygen atoms in total. The average molecular weight is 513 g/mol. The Bertz CT molecular complexity index is 1020. The highest BCUT2D eigenvalue weighted by atomic mass is 19.3. The summed E-state index contributed by atoms with van der Waals surface area (Å²) in [5.74, 6) is -0.526. The SMILES string of the molecule is CCCOC[C@@]1(C(=O)OC)C[C@@H](C(C)(C)C)CN(Cc2cc(-c3cc(F)ccc3OC(F)F)no2)C1. The van der Waals surface area contributed by atoms with Crippen LogP contribution in [0.25, 0.3) is 11.3 Å². The highest BCUT2D eigenvalue weighted by molar-refractivity contribution is 5.77. The molecule has 3 rings (SSSR count). The predicted octanol–water partition coefficient (Wildman–Crippen LogP) is 5.54. The van der Waals surface area contributed by atoms with Gasteiger partial charge in [-0.15, -0.1) is 0 Å². The van der Waals surface area contributed by atoms with Gasteiger partial charge in [-0.2, -0.15) is 8.78 Å². The molecular weight excluding hydrogens is 477 g/mol. The first-order valence-corrected chi connectivity index (χ1v) is 12.1. The Kier molecular flexibility index (Phi) is 9.05. The fourth-order valence-corrected chi connectivity index (χ4v) is 4.68. The molecule has 0 spiro atoms. The van der Waals surface area contributed by atoms with Crippen LogP contribution in [0.3, 0.4) is 0 Å². The predicted molar refractivity (Wildman–Crippen MR) is 127 cm³/mol. The van der Waals surface area contributed by atoms with Crippen molar-refractivity contribution in [3.8, 4) is 17.0 Å². The van der Waals surface area contributed by atoms with E-state index >= 15 is 0 Å². The van der Waals surface area contributed by atoms with E-state index in [9.17, 15) is 18.0 Å². The number of likely N-dealkylation sites (tertiary alicyclic amines) is 1. The van der Waals surface area contributed by atoms with Crippen LogP contribution < -0.4 is 4.74 Å². The summed E-state index contributed by atoms with van der Waals surface area (Å²) in [6.45, 7) is 7.55. The molecule has 0 unspecified atom stereocenters. The number of aromatic nitrogens is 1. The Morgan fingerprint density at radius 3 is 2.69 bits per heavy atom. The number of hydrogen-bond acceptors (Lipinski definition) is 7. The molecule has 1 fully saturated rings. The molecule has 0 amide bonds. The number of benzene rings is 1. The van der Waals surface area contributed by atoms with E-state index in [1.165, 1.54) is 7.11 Å². The van der Waals surface area contributed by atoms with E-state index in [0.29, 0.717) is 38.4 Å². The zero-order chi connectivity index (χ0) is 26.5. The second kappa shape index (κ2) is 11.6. The number of carbonyl (C=O) groups excluding carboxylic acids is 1. The molecule has 1 aromatic heterocycles. The first-order valence-electron chi connectivity index (χ1n) is 12.1. The van der Waals surface area contributed by atoms with Gasteiger partial charge in [0.1, 0.15) is 22.7 Å². The Hall–Kier alpha value is -2.59. The van der Waals surface area contributed by atoms with Crippen LogP contribution in [-0.2, 0) is 20.8 Å². The number of halogens is 3. The number of rotatable bonds is 10. The number of esters is 1. The molecule has 1 saturated heterocycles. The van der Waals surface area contributed by atoms with Crippen molar-refractivity contribution in [3.63, 3.8) is 0 Å². The number of piperidine rings is 1. The molecule has 2 aromatic rings. The Balaban J connectivity index is 1.87. The highest BCUT2D eigenvalue weighted by Crippen LogP contribution is 2.43. The summed E-state index contributed by atoms with van der Waals surface area (Å²) in [4.78, 5) is 15.1. The fourth-order valence-electron chi connectivity index (χ4n) is 4.68. The van der Waals surface area contributed by atoms with Crippen molar-refractivity contribution < 1.29 is 36.7 Å². The minimum absolute atomic E-state index is 0.0633. The van der Waals surface area contributed by atoms with Crippen molar-refractivity contribution in [3.05, 3.63) is 35.8 Å². The zero-order valence-corrected chi connectivity index (χ0v) is 21.5. The van der Waals surface area contributed by atoms with Gasteiger partial charge in [-0.25, -0.2) is 4.39 Å². The van der Waals surface area contributed by atoms with E-state index < -0.39 is 17.8 Å².